The lowest BCUT2D eigenvalue weighted by Gasteiger charge is -2.41. The maximum Gasteiger partial charge on any atom is 0.460 e. The SMILES string of the molecule is Cc1ccc(C(C)(O)CC(F)(F)C(F)(F)C(F)(F)C(F)(F)C(F)(F)C(F)(F)F)cc1. The average molecular weight is 468 g/mol. The van der Waals surface area contributed by atoms with Crippen LogP contribution in [0.5, 0.6) is 0 Å². The van der Waals surface area contributed by atoms with Gasteiger partial charge < -0.3 is 5.11 Å². The van der Waals surface area contributed by atoms with Crippen LogP contribution in [-0.2, 0) is 5.60 Å². The molecule has 1 unspecified atom stereocenters. The molecule has 0 aliphatic heterocycles. The molecule has 0 saturated carbocycles. The highest BCUT2D eigenvalue weighted by Crippen LogP contribution is 2.61. The van der Waals surface area contributed by atoms with Crippen LogP contribution in [0.2, 0.25) is 0 Å². The normalized spacial score (nSPS) is 17.1. The maximum atomic E-state index is 13.9. The van der Waals surface area contributed by atoms with Crippen molar-refractivity contribution < 1.29 is 62.2 Å². The van der Waals surface area contributed by atoms with Crippen molar-refractivity contribution in [1.82, 2.24) is 0 Å². The van der Waals surface area contributed by atoms with Crippen molar-refractivity contribution in [3.8, 4) is 0 Å². The minimum atomic E-state index is -7.96. The third-order valence-electron chi connectivity index (χ3n) is 4.24. The Bertz CT molecular complexity index is 747. The Hall–Kier alpha value is -1.73. The van der Waals surface area contributed by atoms with Gasteiger partial charge in [-0.05, 0) is 19.4 Å². The van der Waals surface area contributed by atoms with E-state index >= 15 is 0 Å². The van der Waals surface area contributed by atoms with E-state index in [0.29, 0.717) is 12.5 Å². The number of alkyl halides is 13. The summed E-state index contributed by atoms with van der Waals surface area (Å²) in [7, 11) is 0. The highest BCUT2D eigenvalue weighted by atomic mass is 19.4. The maximum absolute atomic E-state index is 13.9. The van der Waals surface area contributed by atoms with Crippen molar-refractivity contribution in [3.05, 3.63) is 35.4 Å². The Morgan fingerprint density at radius 3 is 1.37 bits per heavy atom. The molecule has 1 rings (SSSR count). The summed E-state index contributed by atoms with van der Waals surface area (Å²) < 4.78 is 170. The van der Waals surface area contributed by atoms with Gasteiger partial charge in [0.05, 0.1) is 12.0 Å². The van der Waals surface area contributed by atoms with Gasteiger partial charge in [-0.1, -0.05) is 29.8 Å². The first-order valence-electron chi connectivity index (χ1n) is 7.71. The van der Waals surface area contributed by atoms with Crippen LogP contribution in [0.1, 0.15) is 24.5 Å². The summed E-state index contributed by atoms with van der Waals surface area (Å²) in [5, 5.41) is 9.96. The molecule has 1 N–H and O–H groups in total. The molecule has 1 atom stereocenters. The first-order chi connectivity index (χ1) is 13.0. The van der Waals surface area contributed by atoms with Crippen LogP contribution in [0.3, 0.4) is 0 Å². The van der Waals surface area contributed by atoms with E-state index < -0.39 is 53.4 Å². The van der Waals surface area contributed by atoms with Gasteiger partial charge in [-0.3, -0.25) is 0 Å². The summed E-state index contributed by atoms with van der Waals surface area (Å²) in [6.45, 7) is 1.88. The summed E-state index contributed by atoms with van der Waals surface area (Å²) in [6, 6.07) is 4.14. The smallest absolute Gasteiger partial charge is 0.385 e. The fraction of sp³-hybridized carbons (Fsp3) is 0.625. The highest BCUT2D eigenvalue weighted by Gasteiger charge is 2.90. The topological polar surface area (TPSA) is 20.2 Å². The van der Waals surface area contributed by atoms with E-state index in [2.05, 4.69) is 0 Å². The summed E-state index contributed by atoms with van der Waals surface area (Å²) in [5.74, 6) is -37.4. The minimum absolute atomic E-state index is 0.405. The third-order valence-corrected chi connectivity index (χ3v) is 4.24. The van der Waals surface area contributed by atoms with Gasteiger partial charge in [0.25, 0.3) is 0 Å². The van der Waals surface area contributed by atoms with Gasteiger partial charge in [0.2, 0.25) is 0 Å². The predicted octanol–water partition coefficient (Wildman–Crippen LogP) is 6.33. The molecule has 0 heterocycles. The molecular formula is C16H13F13O. The van der Waals surface area contributed by atoms with Crippen LogP contribution in [0.4, 0.5) is 57.1 Å². The monoisotopic (exact) mass is 468 g/mol. The predicted molar refractivity (Wildman–Crippen MR) is 76.2 cm³/mol. The van der Waals surface area contributed by atoms with Crippen molar-refractivity contribution in [1.29, 1.82) is 0 Å². The number of halogens is 13. The summed E-state index contributed by atoms with van der Waals surface area (Å²) >= 11 is 0. The molecule has 0 fully saturated rings. The fourth-order valence-corrected chi connectivity index (χ4v) is 2.36. The van der Waals surface area contributed by atoms with Gasteiger partial charge in [-0.25, -0.2) is 0 Å². The van der Waals surface area contributed by atoms with Crippen molar-refractivity contribution in [2.24, 2.45) is 0 Å². The number of rotatable bonds is 7. The van der Waals surface area contributed by atoms with Crippen LogP contribution in [-0.4, -0.2) is 40.9 Å². The Balaban J connectivity index is 3.43. The van der Waals surface area contributed by atoms with E-state index in [9.17, 15) is 62.2 Å². The van der Waals surface area contributed by atoms with Gasteiger partial charge in [0, 0.05) is 0 Å². The molecule has 0 aromatic heterocycles. The molecule has 1 nitrogen and oxygen atoms in total. The molecule has 174 valence electrons. The molecule has 0 amide bonds. The van der Waals surface area contributed by atoms with E-state index in [1.165, 1.54) is 19.1 Å². The third kappa shape index (κ3) is 3.94. The Labute approximate surface area is 160 Å². The fourth-order valence-electron chi connectivity index (χ4n) is 2.36. The number of hydrogen-bond acceptors (Lipinski definition) is 1. The molecule has 0 aliphatic carbocycles. The van der Waals surface area contributed by atoms with E-state index in [-0.39, 0.29) is 0 Å². The molecule has 0 spiro atoms. The molecule has 1 aromatic rings. The van der Waals surface area contributed by atoms with Gasteiger partial charge in [-0.15, -0.1) is 0 Å². The molecule has 0 saturated heterocycles. The number of aryl methyl sites for hydroxylation is 1. The molecule has 30 heavy (non-hydrogen) atoms. The van der Waals surface area contributed by atoms with Crippen molar-refractivity contribution in [3.63, 3.8) is 0 Å². The number of benzene rings is 1. The van der Waals surface area contributed by atoms with Crippen LogP contribution >= 0.6 is 0 Å². The summed E-state index contributed by atoms with van der Waals surface area (Å²) in [4.78, 5) is 0. The minimum Gasteiger partial charge on any atom is -0.385 e. The first-order valence-corrected chi connectivity index (χ1v) is 7.71. The van der Waals surface area contributed by atoms with E-state index in [1.54, 1.807) is 0 Å². The van der Waals surface area contributed by atoms with E-state index in [1.807, 2.05) is 0 Å². The average Bonchev–Trinajstić information content (AvgIpc) is 2.52. The van der Waals surface area contributed by atoms with Crippen molar-refractivity contribution in [2.75, 3.05) is 0 Å². The summed E-state index contributed by atoms with van der Waals surface area (Å²) in [6.07, 6.45) is -10.2. The standard InChI is InChI=1S/C16H13F13O/c1-8-3-5-9(6-4-8)10(2,30)7-11(17,18)12(19,20)13(21,22)14(23,24)15(25,26)16(27,28)29/h3-6,30H,7H2,1-2H3. The molecule has 1 aromatic carbocycles. The second-order valence-corrected chi connectivity index (χ2v) is 6.82. The Morgan fingerprint density at radius 2 is 1.00 bits per heavy atom. The lowest BCUT2D eigenvalue weighted by molar-refractivity contribution is -0.441. The van der Waals surface area contributed by atoms with Crippen LogP contribution in [0, 0.1) is 6.92 Å². The Kier molecular flexibility index (Phi) is 6.28. The zero-order valence-corrected chi connectivity index (χ0v) is 14.9. The largest absolute Gasteiger partial charge is 0.460 e. The lowest BCUT2D eigenvalue weighted by Crippen LogP contribution is -2.70. The zero-order chi connectivity index (χ0) is 24.2. The highest BCUT2D eigenvalue weighted by molar-refractivity contribution is 5.26. The van der Waals surface area contributed by atoms with Gasteiger partial charge >= 0.3 is 35.8 Å². The van der Waals surface area contributed by atoms with Crippen molar-refractivity contribution in [2.45, 2.75) is 61.7 Å². The molecular weight excluding hydrogens is 455 g/mol. The number of hydrogen-bond donors (Lipinski definition) is 1. The first kappa shape index (κ1) is 26.3. The second-order valence-electron chi connectivity index (χ2n) is 6.82. The van der Waals surface area contributed by atoms with Gasteiger partial charge in [-0.2, -0.15) is 57.1 Å². The van der Waals surface area contributed by atoms with Crippen LogP contribution in [0.15, 0.2) is 24.3 Å². The van der Waals surface area contributed by atoms with Crippen LogP contribution < -0.4 is 0 Å². The molecule has 0 bridgehead atoms. The van der Waals surface area contributed by atoms with Gasteiger partial charge in [0.15, 0.2) is 0 Å². The quantitative estimate of drug-likeness (QED) is 0.464. The summed E-state index contributed by atoms with van der Waals surface area (Å²) in [5.41, 5.74) is -3.18. The number of aliphatic hydroxyl groups is 1. The molecule has 0 aliphatic rings. The van der Waals surface area contributed by atoms with Crippen LogP contribution in [0.25, 0.3) is 0 Å². The Morgan fingerprint density at radius 1 is 0.633 bits per heavy atom. The zero-order valence-electron chi connectivity index (χ0n) is 14.9. The van der Waals surface area contributed by atoms with Crippen molar-refractivity contribution >= 4 is 0 Å². The lowest BCUT2D eigenvalue weighted by atomic mass is 9.84. The van der Waals surface area contributed by atoms with Gasteiger partial charge in [0.1, 0.15) is 0 Å². The molecule has 0 radical (unpaired) electrons. The molecule has 14 heteroatoms. The van der Waals surface area contributed by atoms with E-state index in [0.717, 1.165) is 12.1 Å². The van der Waals surface area contributed by atoms with E-state index in [4.69, 9.17) is 0 Å². The second kappa shape index (κ2) is 7.16.